The number of nitrogens with one attached hydrogen (secondary N) is 1. The van der Waals surface area contributed by atoms with Gasteiger partial charge in [-0.15, -0.1) is 0 Å². The van der Waals surface area contributed by atoms with E-state index in [0.29, 0.717) is 18.1 Å². The van der Waals surface area contributed by atoms with Crippen molar-refractivity contribution in [1.82, 2.24) is 15.3 Å². The Kier molecular flexibility index (Phi) is 3.26. The highest BCUT2D eigenvalue weighted by molar-refractivity contribution is 5.89. The molecule has 110 valence electrons. The topological polar surface area (TPSA) is 41.1 Å². The number of anilines is 1. The van der Waals surface area contributed by atoms with Crippen molar-refractivity contribution in [1.29, 1.82) is 0 Å². The lowest BCUT2D eigenvalue weighted by Crippen LogP contribution is -2.48. The quantitative estimate of drug-likeness (QED) is 0.940. The molecule has 21 heavy (non-hydrogen) atoms. The molecule has 2 atom stereocenters. The molecule has 2 aliphatic rings. The number of fused-ring (bicyclic) bond motifs is 3. The molecule has 1 aromatic heterocycles. The van der Waals surface area contributed by atoms with Crippen LogP contribution in [0.15, 0.2) is 30.6 Å². The Labute approximate surface area is 125 Å². The fraction of sp³-hybridized carbons (Fsp3) is 0.529. The van der Waals surface area contributed by atoms with Crippen LogP contribution in [0.4, 0.5) is 5.82 Å². The predicted molar refractivity (Wildman–Crippen MR) is 85.5 cm³/mol. The SMILES string of the molecule is CCN(c1ncnc2ccccc12)C1CC2CCC(C1)N2. The molecule has 0 aliphatic carbocycles. The van der Waals surface area contributed by atoms with Crippen LogP contribution in [0.5, 0.6) is 0 Å². The van der Waals surface area contributed by atoms with Gasteiger partial charge in [0.05, 0.1) is 5.52 Å². The van der Waals surface area contributed by atoms with E-state index in [2.05, 4.69) is 45.3 Å². The number of piperidine rings is 1. The van der Waals surface area contributed by atoms with Gasteiger partial charge in [0.2, 0.25) is 0 Å². The van der Waals surface area contributed by atoms with Crippen LogP contribution in [0.25, 0.3) is 10.9 Å². The Morgan fingerprint density at radius 2 is 1.90 bits per heavy atom. The maximum atomic E-state index is 4.62. The van der Waals surface area contributed by atoms with E-state index < -0.39 is 0 Å². The molecule has 4 rings (SSSR count). The average Bonchev–Trinajstić information content (AvgIpc) is 2.87. The second-order valence-electron chi connectivity index (χ2n) is 6.26. The van der Waals surface area contributed by atoms with E-state index in [1.807, 2.05) is 6.07 Å². The van der Waals surface area contributed by atoms with E-state index in [9.17, 15) is 0 Å². The molecule has 0 saturated carbocycles. The summed E-state index contributed by atoms with van der Waals surface area (Å²) in [6, 6.07) is 10.3. The van der Waals surface area contributed by atoms with Crippen LogP contribution in [0.1, 0.15) is 32.6 Å². The van der Waals surface area contributed by atoms with Gasteiger partial charge in [-0.3, -0.25) is 0 Å². The first kappa shape index (κ1) is 13.0. The lowest BCUT2D eigenvalue weighted by molar-refractivity contribution is 0.348. The van der Waals surface area contributed by atoms with Gasteiger partial charge >= 0.3 is 0 Å². The van der Waals surface area contributed by atoms with Crippen molar-refractivity contribution >= 4 is 16.7 Å². The molecule has 4 heteroatoms. The molecule has 4 nitrogen and oxygen atoms in total. The standard InChI is InChI=1S/C17H22N4/c1-2-21(14-9-12-7-8-13(10-14)20-12)17-15-5-3-4-6-16(15)18-11-19-17/h3-6,11-14,20H,2,7-10H2,1H3. The van der Waals surface area contributed by atoms with Gasteiger partial charge in [0.25, 0.3) is 0 Å². The van der Waals surface area contributed by atoms with Crippen molar-refractivity contribution in [2.75, 3.05) is 11.4 Å². The maximum absolute atomic E-state index is 4.62. The Morgan fingerprint density at radius 1 is 1.14 bits per heavy atom. The van der Waals surface area contributed by atoms with Crippen molar-refractivity contribution in [2.24, 2.45) is 0 Å². The van der Waals surface area contributed by atoms with Crippen molar-refractivity contribution in [3.8, 4) is 0 Å². The predicted octanol–water partition coefficient (Wildman–Crippen LogP) is 2.74. The van der Waals surface area contributed by atoms with Crippen LogP contribution < -0.4 is 10.2 Å². The van der Waals surface area contributed by atoms with E-state index in [1.165, 1.54) is 31.1 Å². The number of rotatable bonds is 3. The summed E-state index contributed by atoms with van der Waals surface area (Å²) in [6.45, 7) is 3.24. The molecule has 2 unspecified atom stereocenters. The Balaban J connectivity index is 1.71. The van der Waals surface area contributed by atoms with Crippen molar-refractivity contribution < 1.29 is 0 Å². The third kappa shape index (κ3) is 2.27. The van der Waals surface area contributed by atoms with E-state index in [1.54, 1.807) is 6.33 Å². The third-order valence-corrected chi connectivity index (χ3v) is 5.02. The average molecular weight is 282 g/mol. The minimum absolute atomic E-state index is 0.604. The summed E-state index contributed by atoms with van der Waals surface area (Å²) >= 11 is 0. The molecule has 2 aromatic rings. The second kappa shape index (κ2) is 5.26. The summed E-state index contributed by atoms with van der Waals surface area (Å²) in [5, 5.41) is 4.90. The van der Waals surface area contributed by atoms with E-state index in [0.717, 1.165) is 17.9 Å². The Morgan fingerprint density at radius 3 is 2.67 bits per heavy atom. The number of hydrogen-bond donors (Lipinski definition) is 1. The molecule has 3 heterocycles. The molecular weight excluding hydrogens is 260 g/mol. The number of nitrogens with zero attached hydrogens (tertiary/aromatic N) is 3. The van der Waals surface area contributed by atoms with Gasteiger partial charge in [-0.2, -0.15) is 0 Å². The van der Waals surface area contributed by atoms with Crippen LogP contribution in [0, 0.1) is 0 Å². The second-order valence-corrected chi connectivity index (χ2v) is 6.26. The normalized spacial score (nSPS) is 28.0. The highest BCUT2D eigenvalue weighted by Crippen LogP contribution is 2.33. The summed E-state index contributed by atoms with van der Waals surface area (Å²) in [5.41, 5.74) is 1.04. The number of aromatic nitrogens is 2. The molecule has 2 bridgehead atoms. The zero-order chi connectivity index (χ0) is 14.2. The summed E-state index contributed by atoms with van der Waals surface area (Å²) < 4.78 is 0. The van der Waals surface area contributed by atoms with Crippen LogP contribution >= 0.6 is 0 Å². The maximum Gasteiger partial charge on any atom is 0.140 e. The first-order valence-electron chi connectivity index (χ1n) is 8.07. The summed E-state index contributed by atoms with van der Waals surface area (Å²) in [4.78, 5) is 11.5. The van der Waals surface area contributed by atoms with Gasteiger partial charge in [-0.25, -0.2) is 9.97 Å². The van der Waals surface area contributed by atoms with Crippen LogP contribution in [-0.2, 0) is 0 Å². The molecule has 0 radical (unpaired) electrons. The molecule has 1 aromatic carbocycles. The van der Waals surface area contributed by atoms with Gasteiger partial charge in [-0.05, 0) is 44.7 Å². The van der Waals surface area contributed by atoms with Gasteiger partial charge < -0.3 is 10.2 Å². The summed E-state index contributed by atoms with van der Waals surface area (Å²) in [6.07, 6.45) is 6.85. The van der Waals surface area contributed by atoms with Gasteiger partial charge in [0, 0.05) is 30.1 Å². The molecular formula is C17H22N4. The zero-order valence-electron chi connectivity index (χ0n) is 12.5. The highest BCUT2D eigenvalue weighted by atomic mass is 15.2. The third-order valence-electron chi connectivity index (χ3n) is 5.02. The van der Waals surface area contributed by atoms with Gasteiger partial charge in [-0.1, -0.05) is 12.1 Å². The minimum Gasteiger partial charge on any atom is -0.353 e. The van der Waals surface area contributed by atoms with E-state index >= 15 is 0 Å². The first-order valence-corrected chi connectivity index (χ1v) is 8.07. The smallest absolute Gasteiger partial charge is 0.140 e. The monoisotopic (exact) mass is 282 g/mol. The fourth-order valence-electron chi connectivity index (χ4n) is 4.08. The number of para-hydroxylation sites is 1. The highest BCUT2D eigenvalue weighted by Gasteiger charge is 2.36. The Hall–Kier alpha value is -1.68. The molecule has 2 fully saturated rings. The first-order chi connectivity index (χ1) is 10.3. The Bertz CT molecular complexity index is 624. The lowest BCUT2D eigenvalue weighted by Gasteiger charge is -2.38. The molecule has 2 saturated heterocycles. The van der Waals surface area contributed by atoms with Crippen molar-refractivity contribution in [2.45, 2.75) is 50.7 Å². The molecule has 2 aliphatic heterocycles. The van der Waals surface area contributed by atoms with Crippen LogP contribution in [0.2, 0.25) is 0 Å². The molecule has 1 N–H and O–H groups in total. The summed E-state index contributed by atoms with van der Waals surface area (Å²) in [7, 11) is 0. The zero-order valence-corrected chi connectivity index (χ0v) is 12.5. The van der Waals surface area contributed by atoms with Crippen LogP contribution in [-0.4, -0.2) is 34.6 Å². The van der Waals surface area contributed by atoms with E-state index in [-0.39, 0.29) is 0 Å². The van der Waals surface area contributed by atoms with Gasteiger partial charge in [0.15, 0.2) is 0 Å². The number of hydrogen-bond acceptors (Lipinski definition) is 4. The van der Waals surface area contributed by atoms with Crippen molar-refractivity contribution in [3.05, 3.63) is 30.6 Å². The largest absolute Gasteiger partial charge is 0.353 e. The summed E-state index contributed by atoms with van der Waals surface area (Å²) in [5.74, 6) is 1.11. The number of benzene rings is 1. The van der Waals surface area contributed by atoms with E-state index in [4.69, 9.17) is 0 Å². The van der Waals surface area contributed by atoms with Gasteiger partial charge in [0.1, 0.15) is 12.1 Å². The minimum atomic E-state index is 0.604. The molecule has 0 amide bonds. The fourth-order valence-corrected chi connectivity index (χ4v) is 4.08. The molecule has 0 spiro atoms. The lowest BCUT2D eigenvalue weighted by atomic mass is 9.98. The van der Waals surface area contributed by atoms with Crippen molar-refractivity contribution in [3.63, 3.8) is 0 Å². The van der Waals surface area contributed by atoms with Crippen LogP contribution in [0.3, 0.4) is 0 Å².